The summed E-state index contributed by atoms with van der Waals surface area (Å²) in [5.74, 6) is 0.114. The molecule has 6 nitrogen and oxygen atoms in total. The van der Waals surface area contributed by atoms with Crippen molar-refractivity contribution in [3.8, 4) is 0 Å². The molecule has 1 spiro atoms. The number of hydrogen-bond acceptors (Lipinski definition) is 5. The zero-order valence-electron chi connectivity index (χ0n) is 19.9. The lowest BCUT2D eigenvalue weighted by atomic mass is 9.90. The highest BCUT2D eigenvalue weighted by molar-refractivity contribution is 5.92. The van der Waals surface area contributed by atoms with Gasteiger partial charge in [0.1, 0.15) is 17.1 Å². The summed E-state index contributed by atoms with van der Waals surface area (Å²) >= 11 is 0. The van der Waals surface area contributed by atoms with E-state index in [4.69, 9.17) is 4.84 Å². The molecular formula is C27H29F3N4O2. The van der Waals surface area contributed by atoms with Crippen LogP contribution < -0.4 is 10.4 Å². The number of halogens is 3. The van der Waals surface area contributed by atoms with Gasteiger partial charge in [-0.1, -0.05) is 30.3 Å². The Morgan fingerprint density at radius 3 is 2.42 bits per heavy atom. The standard InChI is InChI=1S/C27H29F3N4O2/c28-27(29,30)23-11-9-21(25(31-23)34-15-5-2-6-16-34)10-12-24(35)33-17-13-26(14-18-33)19-22(32-36-26)20-7-3-1-4-8-20/h1,3-4,7-12,19,32H,2,5-6,13-18H2. The Bertz CT molecular complexity index is 1150. The molecular weight excluding hydrogens is 469 g/mol. The molecule has 0 bridgehead atoms. The van der Waals surface area contributed by atoms with Crippen LogP contribution in [0, 0.1) is 0 Å². The molecule has 2 saturated heterocycles. The van der Waals surface area contributed by atoms with E-state index >= 15 is 0 Å². The van der Waals surface area contributed by atoms with Gasteiger partial charge in [0.05, 0.1) is 5.70 Å². The van der Waals surface area contributed by atoms with Crippen molar-refractivity contribution >= 4 is 23.5 Å². The molecule has 36 heavy (non-hydrogen) atoms. The van der Waals surface area contributed by atoms with Crippen molar-refractivity contribution in [3.05, 3.63) is 71.4 Å². The van der Waals surface area contributed by atoms with Crippen molar-refractivity contribution in [3.63, 3.8) is 0 Å². The van der Waals surface area contributed by atoms with Crippen LogP contribution in [0.15, 0.2) is 54.6 Å². The summed E-state index contributed by atoms with van der Waals surface area (Å²) in [4.78, 5) is 26.4. The third-order valence-electron chi connectivity index (χ3n) is 7.03. The van der Waals surface area contributed by atoms with Gasteiger partial charge in [-0.25, -0.2) is 4.98 Å². The van der Waals surface area contributed by atoms with Gasteiger partial charge in [0.15, 0.2) is 0 Å². The molecule has 3 aliphatic heterocycles. The molecule has 2 aromatic rings. The number of piperidine rings is 2. The second-order valence-electron chi connectivity index (χ2n) is 9.51. The Hall–Kier alpha value is -3.33. The van der Waals surface area contributed by atoms with Crippen LogP contribution in [-0.4, -0.2) is 47.6 Å². The van der Waals surface area contributed by atoms with Crippen LogP contribution >= 0.6 is 0 Å². The van der Waals surface area contributed by atoms with E-state index < -0.39 is 17.5 Å². The number of rotatable bonds is 4. The van der Waals surface area contributed by atoms with Crippen molar-refractivity contribution in [2.75, 3.05) is 31.1 Å². The minimum absolute atomic E-state index is 0.174. The normalized spacial score (nSPS) is 20.0. The molecule has 5 rings (SSSR count). The zero-order valence-corrected chi connectivity index (χ0v) is 19.9. The Morgan fingerprint density at radius 2 is 1.72 bits per heavy atom. The topological polar surface area (TPSA) is 57.7 Å². The number of anilines is 1. The van der Waals surface area contributed by atoms with Gasteiger partial charge < -0.3 is 9.80 Å². The summed E-state index contributed by atoms with van der Waals surface area (Å²) in [5.41, 5.74) is 4.15. The maximum Gasteiger partial charge on any atom is 0.433 e. The molecule has 1 N–H and O–H groups in total. The molecule has 2 fully saturated rings. The Morgan fingerprint density at radius 1 is 1.00 bits per heavy atom. The first-order valence-electron chi connectivity index (χ1n) is 12.4. The van der Waals surface area contributed by atoms with Crippen molar-refractivity contribution in [1.82, 2.24) is 15.4 Å². The van der Waals surface area contributed by atoms with E-state index in [0.29, 0.717) is 44.6 Å². The summed E-state index contributed by atoms with van der Waals surface area (Å²) < 4.78 is 39.9. The number of nitrogens with zero attached hydrogens (tertiary/aromatic N) is 3. The largest absolute Gasteiger partial charge is 0.433 e. The summed E-state index contributed by atoms with van der Waals surface area (Å²) in [6, 6.07) is 12.3. The lowest BCUT2D eigenvalue weighted by molar-refractivity contribution is -0.141. The lowest BCUT2D eigenvalue weighted by Gasteiger charge is -2.36. The van der Waals surface area contributed by atoms with Crippen molar-refractivity contribution in [2.45, 2.75) is 43.9 Å². The summed E-state index contributed by atoms with van der Waals surface area (Å²) in [7, 11) is 0. The van der Waals surface area contributed by atoms with Crippen LogP contribution in [-0.2, 0) is 15.8 Å². The predicted molar refractivity (Wildman–Crippen MR) is 132 cm³/mol. The van der Waals surface area contributed by atoms with Gasteiger partial charge in [-0.3, -0.25) is 15.1 Å². The molecule has 0 atom stereocenters. The summed E-state index contributed by atoms with van der Waals surface area (Å²) in [6.07, 6.45) is 4.78. The Balaban J connectivity index is 1.26. The van der Waals surface area contributed by atoms with Crippen LogP contribution in [0.25, 0.3) is 11.8 Å². The van der Waals surface area contributed by atoms with Crippen molar-refractivity contribution in [2.24, 2.45) is 0 Å². The highest BCUT2D eigenvalue weighted by Crippen LogP contribution is 2.35. The number of benzene rings is 1. The third kappa shape index (κ3) is 5.26. The molecule has 0 aliphatic carbocycles. The molecule has 190 valence electrons. The number of hydroxylamine groups is 1. The first kappa shape index (κ1) is 24.4. The molecule has 4 heterocycles. The first-order valence-corrected chi connectivity index (χ1v) is 12.4. The van der Waals surface area contributed by atoms with E-state index in [9.17, 15) is 18.0 Å². The number of amides is 1. The van der Waals surface area contributed by atoms with Crippen molar-refractivity contribution in [1.29, 1.82) is 0 Å². The fourth-order valence-corrected chi connectivity index (χ4v) is 4.96. The van der Waals surface area contributed by atoms with E-state index in [1.807, 2.05) is 35.2 Å². The highest BCUT2D eigenvalue weighted by Gasteiger charge is 2.39. The number of likely N-dealkylation sites (tertiary alicyclic amines) is 1. The van der Waals surface area contributed by atoms with Crippen LogP contribution in [0.4, 0.5) is 19.0 Å². The second-order valence-corrected chi connectivity index (χ2v) is 9.51. The van der Waals surface area contributed by atoms with Crippen LogP contribution in [0.2, 0.25) is 0 Å². The number of alkyl halides is 3. The quantitative estimate of drug-likeness (QED) is 0.599. The average Bonchev–Trinajstić information content (AvgIpc) is 3.31. The number of pyridine rings is 1. The fraction of sp³-hybridized carbons (Fsp3) is 0.407. The number of nitrogens with one attached hydrogen (secondary N) is 1. The molecule has 0 radical (unpaired) electrons. The number of hydrogen-bond donors (Lipinski definition) is 1. The highest BCUT2D eigenvalue weighted by atomic mass is 19.4. The second kappa shape index (κ2) is 9.97. The van der Waals surface area contributed by atoms with Gasteiger partial charge in [0, 0.05) is 50.7 Å². The van der Waals surface area contributed by atoms with E-state index in [1.54, 1.807) is 11.0 Å². The lowest BCUT2D eigenvalue weighted by Crippen LogP contribution is -2.46. The van der Waals surface area contributed by atoms with Gasteiger partial charge >= 0.3 is 6.18 Å². The molecule has 0 unspecified atom stereocenters. The number of carbonyl (C=O) groups excluding carboxylic acids is 1. The summed E-state index contributed by atoms with van der Waals surface area (Å²) in [5, 5.41) is 0. The van der Waals surface area contributed by atoms with Gasteiger partial charge in [-0.2, -0.15) is 13.2 Å². The van der Waals surface area contributed by atoms with Crippen molar-refractivity contribution < 1.29 is 22.8 Å². The van der Waals surface area contributed by atoms with Crippen LogP contribution in [0.5, 0.6) is 0 Å². The molecule has 1 aromatic carbocycles. The smallest absolute Gasteiger partial charge is 0.356 e. The Labute approximate surface area is 208 Å². The van der Waals surface area contributed by atoms with Crippen LogP contribution in [0.3, 0.4) is 0 Å². The Kier molecular flexibility index (Phi) is 6.75. The fourth-order valence-electron chi connectivity index (χ4n) is 4.96. The minimum Gasteiger partial charge on any atom is -0.356 e. The van der Waals surface area contributed by atoms with Gasteiger partial charge in [-0.05, 0) is 49.1 Å². The van der Waals surface area contributed by atoms with Gasteiger partial charge in [0.2, 0.25) is 5.91 Å². The summed E-state index contributed by atoms with van der Waals surface area (Å²) in [6.45, 7) is 2.36. The zero-order chi connectivity index (χ0) is 25.2. The minimum atomic E-state index is -4.52. The average molecular weight is 499 g/mol. The van der Waals surface area contributed by atoms with Gasteiger partial charge in [-0.15, -0.1) is 0 Å². The van der Waals surface area contributed by atoms with E-state index in [-0.39, 0.29) is 11.7 Å². The van der Waals surface area contributed by atoms with Crippen LogP contribution in [0.1, 0.15) is 48.9 Å². The monoisotopic (exact) mass is 498 g/mol. The molecule has 3 aliphatic rings. The van der Waals surface area contributed by atoms with E-state index in [2.05, 4.69) is 16.5 Å². The molecule has 0 saturated carbocycles. The van der Waals surface area contributed by atoms with E-state index in [0.717, 1.165) is 36.6 Å². The number of carbonyl (C=O) groups is 1. The SMILES string of the molecule is O=C(C=Cc1ccc(C(F)(F)F)nc1N1CCCCC1)N1CCC2(C=C(c3ccccc3)NO2)CC1. The van der Waals surface area contributed by atoms with E-state index in [1.165, 1.54) is 12.1 Å². The maximum absolute atomic E-state index is 13.3. The molecule has 1 aromatic heterocycles. The third-order valence-corrected chi connectivity index (χ3v) is 7.03. The first-order chi connectivity index (χ1) is 17.3. The molecule has 9 heteroatoms. The van der Waals surface area contributed by atoms with Gasteiger partial charge in [0.25, 0.3) is 0 Å². The maximum atomic E-state index is 13.3. The molecule has 1 amide bonds. The number of aromatic nitrogens is 1. The predicted octanol–water partition coefficient (Wildman–Crippen LogP) is 5.04.